The second-order valence-electron chi connectivity index (χ2n) is 5.76. The molecule has 0 radical (unpaired) electrons. The molecule has 0 unspecified atom stereocenters. The number of hydrogen-bond donors (Lipinski definition) is 1. The van der Waals surface area contributed by atoms with E-state index in [4.69, 9.17) is 4.42 Å². The summed E-state index contributed by atoms with van der Waals surface area (Å²) in [5.41, 5.74) is 2.21. The van der Waals surface area contributed by atoms with Crippen LogP contribution in [0.3, 0.4) is 0 Å². The van der Waals surface area contributed by atoms with Gasteiger partial charge in [0.15, 0.2) is 0 Å². The first-order valence-electron chi connectivity index (χ1n) is 7.14. The van der Waals surface area contributed by atoms with Crippen LogP contribution in [0.1, 0.15) is 11.1 Å². The Morgan fingerprint density at radius 2 is 1.59 bits per heavy atom. The van der Waals surface area contributed by atoms with Gasteiger partial charge in [-0.2, -0.15) is 0 Å². The molecule has 0 amide bonds. The molecule has 108 valence electrons. The maximum atomic E-state index is 12.3. The summed E-state index contributed by atoms with van der Waals surface area (Å²) in [5.74, 6) is -0.00958. The topological polar surface area (TPSA) is 50.4 Å². The lowest BCUT2D eigenvalue weighted by atomic mass is 9.99. The SMILES string of the molecule is Cc1ccc2c(O)c3c(=O)oc4ccc(C)cc4c3cc2c1. The molecule has 1 heterocycles. The minimum Gasteiger partial charge on any atom is -0.506 e. The number of phenols is 1. The molecule has 3 heteroatoms. The van der Waals surface area contributed by atoms with Crippen LogP contribution in [-0.4, -0.2) is 5.11 Å². The molecule has 1 aromatic heterocycles. The van der Waals surface area contributed by atoms with Gasteiger partial charge in [0.1, 0.15) is 16.7 Å². The summed E-state index contributed by atoms with van der Waals surface area (Å²) in [6.07, 6.45) is 0. The molecule has 4 aromatic rings. The van der Waals surface area contributed by atoms with E-state index >= 15 is 0 Å². The summed E-state index contributed by atoms with van der Waals surface area (Å²) in [6.45, 7) is 3.99. The van der Waals surface area contributed by atoms with Crippen molar-refractivity contribution in [3.05, 3.63) is 64.0 Å². The van der Waals surface area contributed by atoms with Crippen molar-refractivity contribution >= 4 is 32.5 Å². The number of aromatic hydroxyl groups is 1. The van der Waals surface area contributed by atoms with E-state index in [-0.39, 0.29) is 11.1 Å². The summed E-state index contributed by atoms with van der Waals surface area (Å²) in [5, 5.41) is 13.9. The summed E-state index contributed by atoms with van der Waals surface area (Å²) in [6, 6.07) is 13.4. The van der Waals surface area contributed by atoms with E-state index in [1.54, 1.807) is 6.07 Å². The van der Waals surface area contributed by atoms with Gasteiger partial charge >= 0.3 is 5.63 Å². The van der Waals surface area contributed by atoms with Crippen molar-refractivity contribution < 1.29 is 9.52 Å². The fraction of sp³-hybridized carbons (Fsp3) is 0.105. The highest BCUT2D eigenvalue weighted by Crippen LogP contribution is 2.35. The molecule has 0 fully saturated rings. The van der Waals surface area contributed by atoms with Crippen molar-refractivity contribution in [3.63, 3.8) is 0 Å². The normalized spacial score (nSPS) is 11.5. The average molecular weight is 290 g/mol. The molecule has 0 atom stereocenters. The van der Waals surface area contributed by atoms with Gasteiger partial charge in [0.25, 0.3) is 0 Å². The first kappa shape index (κ1) is 12.9. The van der Waals surface area contributed by atoms with Gasteiger partial charge in [-0.25, -0.2) is 4.79 Å². The third-order valence-electron chi connectivity index (χ3n) is 4.10. The van der Waals surface area contributed by atoms with Crippen LogP contribution in [-0.2, 0) is 0 Å². The van der Waals surface area contributed by atoms with Crippen LogP contribution in [0.5, 0.6) is 5.75 Å². The predicted octanol–water partition coefficient (Wildman–Crippen LogP) is 4.42. The Morgan fingerprint density at radius 1 is 0.864 bits per heavy atom. The van der Waals surface area contributed by atoms with Crippen LogP contribution in [0.15, 0.2) is 51.7 Å². The summed E-state index contributed by atoms with van der Waals surface area (Å²) >= 11 is 0. The Kier molecular flexibility index (Phi) is 2.54. The van der Waals surface area contributed by atoms with Gasteiger partial charge in [-0.15, -0.1) is 0 Å². The van der Waals surface area contributed by atoms with Crippen molar-refractivity contribution in [2.75, 3.05) is 0 Å². The second kappa shape index (κ2) is 4.34. The van der Waals surface area contributed by atoms with Gasteiger partial charge in [-0.1, -0.05) is 35.4 Å². The van der Waals surface area contributed by atoms with Crippen molar-refractivity contribution in [2.24, 2.45) is 0 Å². The summed E-state index contributed by atoms with van der Waals surface area (Å²) in [7, 11) is 0. The lowest BCUT2D eigenvalue weighted by Gasteiger charge is -2.09. The zero-order valence-electron chi connectivity index (χ0n) is 12.3. The van der Waals surface area contributed by atoms with Gasteiger partial charge in [-0.05, 0) is 37.4 Å². The van der Waals surface area contributed by atoms with E-state index in [0.29, 0.717) is 11.0 Å². The van der Waals surface area contributed by atoms with Crippen LogP contribution in [0.4, 0.5) is 0 Å². The largest absolute Gasteiger partial charge is 0.506 e. The van der Waals surface area contributed by atoms with Crippen LogP contribution in [0, 0.1) is 13.8 Å². The zero-order valence-corrected chi connectivity index (χ0v) is 12.3. The van der Waals surface area contributed by atoms with Crippen molar-refractivity contribution in [3.8, 4) is 5.75 Å². The van der Waals surface area contributed by atoms with Gasteiger partial charge in [0.2, 0.25) is 0 Å². The molecule has 0 saturated carbocycles. The maximum absolute atomic E-state index is 12.3. The van der Waals surface area contributed by atoms with E-state index in [1.165, 1.54) is 0 Å². The number of aryl methyl sites for hydroxylation is 2. The fourth-order valence-electron chi connectivity index (χ4n) is 3.02. The first-order chi connectivity index (χ1) is 10.5. The van der Waals surface area contributed by atoms with Crippen molar-refractivity contribution in [1.29, 1.82) is 0 Å². The summed E-state index contributed by atoms with van der Waals surface area (Å²) < 4.78 is 5.37. The summed E-state index contributed by atoms with van der Waals surface area (Å²) in [4.78, 5) is 12.3. The average Bonchev–Trinajstić information content (AvgIpc) is 2.47. The molecular formula is C19H14O3. The maximum Gasteiger partial charge on any atom is 0.348 e. The van der Waals surface area contributed by atoms with Crippen LogP contribution >= 0.6 is 0 Å². The highest BCUT2D eigenvalue weighted by atomic mass is 16.4. The zero-order chi connectivity index (χ0) is 15.4. The number of phenolic OH excluding ortho intramolecular Hbond substituents is 1. The number of benzene rings is 3. The molecule has 4 rings (SSSR count). The first-order valence-corrected chi connectivity index (χ1v) is 7.14. The van der Waals surface area contributed by atoms with E-state index in [1.807, 2.05) is 50.2 Å². The molecule has 0 spiro atoms. The minimum atomic E-state index is -0.508. The predicted molar refractivity (Wildman–Crippen MR) is 88.6 cm³/mol. The lowest BCUT2D eigenvalue weighted by molar-refractivity contribution is 0.483. The molecule has 3 aromatic carbocycles. The Labute approximate surface area is 126 Å². The lowest BCUT2D eigenvalue weighted by Crippen LogP contribution is -2.00. The van der Waals surface area contributed by atoms with Gasteiger partial charge in [0, 0.05) is 16.2 Å². The molecule has 0 aliphatic rings. The third kappa shape index (κ3) is 1.72. The molecule has 22 heavy (non-hydrogen) atoms. The Balaban J connectivity index is 2.35. The Hall–Kier alpha value is -2.81. The molecule has 0 bridgehead atoms. The minimum absolute atomic E-state index is 0.00958. The molecule has 0 aliphatic heterocycles. The van der Waals surface area contributed by atoms with Crippen LogP contribution in [0.25, 0.3) is 32.5 Å². The van der Waals surface area contributed by atoms with E-state index < -0.39 is 5.63 Å². The highest BCUT2D eigenvalue weighted by molar-refractivity contribution is 6.13. The third-order valence-corrected chi connectivity index (χ3v) is 4.10. The standard InChI is InChI=1S/C19H14O3/c1-10-3-5-13-12(7-10)9-15-14-8-11(2)4-6-16(14)22-19(21)17(15)18(13)20/h3-9,20H,1-2H3. The smallest absolute Gasteiger partial charge is 0.348 e. The molecule has 0 saturated heterocycles. The Bertz CT molecular complexity index is 1120. The molecule has 0 aliphatic carbocycles. The highest BCUT2D eigenvalue weighted by Gasteiger charge is 2.14. The van der Waals surface area contributed by atoms with Crippen LogP contribution < -0.4 is 5.63 Å². The molecule has 3 nitrogen and oxygen atoms in total. The second-order valence-corrected chi connectivity index (χ2v) is 5.76. The molecule has 1 N–H and O–H groups in total. The van der Waals surface area contributed by atoms with E-state index in [9.17, 15) is 9.90 Å². The fourth-order valence-corrected chi connectivity index (χ4v) is 3.02. The van der Waals surface area contributed by atoms with E-state index in [0.717, 1.165) is 27.3 Å². The van der Waals surface area contributed by atoms with Crippen LogP contribution in [0.2, 0.25) is 0 Å². The Morgan fingerprint density at radius 3 is 2.41 bits per heavy atom. The monoisotopic (exact) mass is 290 g/mol. The molecular weight excluding hydrogens is 276 g/mol. The van der Waals surface area contributed by atoms with E-state index in [2.05, 4.69) is 0 Å². The van der Waals surface area contributed by atoms with Gasteiger partial charge in [-0.3, -0.25) is 0 Å². The number of hydrogen-bond acceptors (Lipinski definition) is 3. The number of rotatable bonds is 0. The quantitative estimate of drug-likeness (QED) is 0.296. The van der Waals surface area contributed by atoms with Crippen molar-refractivity contribution in [1.82, 2.24) is 0 Å². The van der Waals surface area contributed by atoms with Gasteiger partial charge < -0.3 is 9.52 Å². The van der Waals surface area contributed by atoms with Crippen molar-refractivity contribution in [2.45, 2.75) is 13.8 Å². The van der Waals surface area contributed by atoms with Gasteiger partial charge in [0.05, 0.1) is 0 Å². The number of fused-ring (bicyclic) bond motifs is 4.